The molecule has 0 saturated heterocycles. The summed E-state index contributed by atoms with van der Waals surface area (Å²) in [4.78, 5) is 7.32. The van der Waals surface area contributed by atoms with Crippen LogP contribution >= 0.6 is 0 Å². The fraction of sp³-hybridized carbons (Fsp3) is 0.143. The van der Waals surface area contributed by atoms with Gasteiger partial charge in [0.2, 0.25) is 0 Å². The molecule has 3 heteroatoms. The molecule has 1 aliphatic rings. The standard InChI is InChI=1S/C63H57N3/c1-42-28-32-55(36-46(42)5)64(56-33-29-43(2)47(6)37-56)53-22-16-18-50(40-53)63(59-24-12-14-26-61(59)66(52-20-10-9-11-21-52)62-27-15-13-25-60(62)63)51-19-17-23-54(41-51)65(57-34-30-44(3)48(7)38-57)58-35-31-45(4)49(8)39-58/h9-41H,1-8H3. The molecule has 0 radical (unpaired) electrons. The van der Waals surface area contributed by atoms with Crippen LogP contribution in [0.15, 0.2) is 200 Å². The van der Waals surface area contributed by atoms with Gasteiger partial charge in [0.15, 0.2) is 0 Å². The lowest BCUT2D eigenvalue weighted by Gasteiger charge is -2.47. The molecule has 1 heterocycles. The van der Waals surface area contributed by atoms with Gasteiger partial charge in [-0.3, -0.25) is 0 Å². The number of aryl methyl sites for hydroxylation is 8. The summed E-state index contributed by atoms with van der Waals surface area (Å²) in [6.45, 7) is 17.6. The molecule has 0 aromatic heterocycles. The molecule has 1 aliphatic heterocycles. The van der Waals surface area contributed by atoms with Crippen LogP contribution in [0.5, 0.6) is 0 Å². The molecule has 0 atom stereocenters. The van der Waals surface area contributed by atoms with Crippen LogP contribution in [-0.2, 0) is 5.41 Å². The fourth-order valence-corrected chi connectivity index (χ4v) is 10.00. The molecule has 0 aliphatic carbocycles. The Morgan fingerprint density at radius 1 is 0.288 bits per heavy atom. The summed E-state index contributed by atoms with van der Waals surface area (Å²) >= 11 is 0. The normalized spacial score (nSPS) is 12.6. The third-order valence-corrected chi connectivity index (χ3v) is 14.2. The molecule has 0 spiro atoms. The summed E-state index contributed by atoms with van der Waals surface area (Å²) in [5.74, 6) is 0. The first-order valence-corrected chi connectivity index (χ1v) is 23.2. The largest absolute Gasteiger partial charge is 0.310 e. The van der Waals surface area contributed by atoms with Gasteiger partial charge in [-0.2, -0.15) is 0 Å². The Labute approximate surface area is 391 Å². The molecule has 0 unspecified atom stereocenters. The van der Waals surface area contributed by atoms with Gasteiger partial charge in [-0.05, 0) is 219 Å². The van der Waals surface area contributed by atoms with E-state index in [2.05, 4.69) is 270 Å². The van der Waals surface area contributed by atoms with Crippen LogP contribution in [0, 0.1) is 55.4 Å². The fourth-order valence-electron chi connectivity index (χ4n) is 10.00. The molecule has 3 nitrogen and oxygen atoms in total. The maximum atomic E-state index is 2.45. The van der Waals surface area contributed by atoms with Gasteiger partial charge in [0.25, 0.3) is 0 Å². The second-order valence-corrected chi connectivity index (χ2v) is 18.3. The number of hydrogen-bond acceptors (Lipinski definition) is 3. The van der Waals surface area contributed by atoms with E-state index in [1.165, 1.54) is 66.8 Å². The lowest BCUT2D eigenvalue weighted by atomic mass is 9.62. The third kappa shape index (κ3) is 7.26. The van der Waals surface area contributed by atoms with Crippen molar-refractivity contribution in [2.45, 2.75) is 60.8 Å². The molecule has 0 amide bonds. The van der Waals surface area contributed by atoms with Crippen LogP contribution in [0.4, 0.5) is 51.2 Å². The molecule has 0 fully saturated rings. The summed E-state index contributed by atoms with van der Waals surface area (Å²) in [5.41, 5.74) is 24.4. The lowest BCUT2D eigenvalue weighted by Crippen LogP contribution is -2.38. The quantitative estimate of drug-likeness (QED) is 0.143. The van der Waals surface area contributed by atoms with E-state index in [4.69, 9.17) is 0 Å². The average molecular weight is 856 g/mol. The Morgan fingerprint density at radius 2 is 0.621 bits per heavy atom. The minimum absolute atomic E-state index is 0.749. The molecule has 0 N–H and O–H groups in total. The van der Waals surface area contributed by atoms with Crippen LogP contribution in [0.25, 0.3) is 0 Å². The van der Waals surface area contributed by atoms with Crippen molar-refractivity contribution in [1.29, 1.82) is 0 Å². The zero-order valence-corrected chi connectivity index (χ0v) is 39.4. The number of benzene rings is 9. The van der Waals surface area contributed by atoms with E-state index in [9.17, 15) is 0 Å². The SMILES string of the molecule is Cc1ccc(N(c2cccc(C3(c4cccc(N(c5ccc(C)c(C)c5)c5ccc(C)c(C)c5)c4)c4ccccc4N(c4ccccc4)c4ccccc43)c2)c2ccc(C)c(C)c2)cc1C. The molecular formula is C63H57N3. The molecule has 324 valence electrons. The first kappa shape index (κ1) is 42.3. The van der Waals surface area contributed by atoms with Gasteiger partial charge in [-0.15, -0.1) is 0 Å². The molecule has 0 bridgehead atoms. The molecule has 10 rings (SSSR count). The molecule has 66 heavy (non-hydrogen) atoms. The average Bonchev–Trinajstić information content (AvgIpc) is 3.33. The summed E-state index contributed by atoms with van der Waals surface area (Å²) in [6, 6.07) is 75.0. The van der Waals surface area contributed by atoms with Gasteiger partial charge in [-0.25, -0.2) is 0 Å². The van der Waals surface area contributed by atoms with Crippen LogP contribution < -0.4 is 14.7 Å². The summed E-state index contributed by atoms with van der Waals surface area (Å²) in [6.07, 6.45) is 0. The predicted octanol–water partition coefficient (Wildman–Crippen LogP) is 17.3. The van der Waals surface area contributed by atoms with Crippen molar-refractivity contribution >= 4 is 51.2 Å². The minimum Gasteiger partial charge on any atom is -0.310 e. The van der Waals surface area contributed by atoms with E-state index in [1.54, 1.807) is 0 Å². The Hall–Kier alpha value is -7.62. The van der Waals surface area contributed by atoms with E-state index < -0.39 is 5.41 Å². The van der Waals surface area contributed by atoms with Crippen molar-refractivity contribution in [3.05, 3.63) is 267 Å². The molecule has 9 aromatic carbocycles. The second-order valence-electron chi connectivity index (χ2n) is 18.3. The van der Waals surface area contributed by atoms with Crippen LogP contribution in [0.1, 0.15) is 66.8 Å². The zero-order valence-electron chi connectivity index (χ0n) is 39.4. The van der Waals surface area contributed by atoms with Gasteiger partial charge in [0, 0.05) is 39.8 Å². The third-order valence-electron chi connectivity index (χ3n) is 14.2. The Kier molecular flexibility index (Phi) is 10.9. The number of hydrogen-bond donors (Lipinski definition) is 0. The van der Waals surface area contributed by atoms with Gasteiger partial charge in [0.05, 0.1) is 16.8 Å². The van der Waals surface area contributed by atoms with Crippen molar-refractivity contribution in [3.8, 4) is 0 Å². The monoisotopic (exact) mass is 855 g/mol. The first-order valence-electron chi connectivity index (χ1n) is 23.2. The van der Waals surface area contributed by atoms with E-state index >= 15 is 0 Å². The number of fused-ring (bicyclic) bond motifs is 2. The van der Waals surface area contributed by atoms with Crippen molar-refractivity contribution in [2.75, 3.05) is 14.7 Å². The smallest absolute Gasteiger partial charge is 0.0743 e. The van der Waals surface area contributed by atoms with Crippen molar-refractivity contribution in [1.82, 2.24) is 0 Å². The zero-order chi connectivity index (χ0) is 45.7. The first-order chi connectivity index (χ1) is 32.0. The lowest BCUT2D eigenvalue weighted by molar-refractivity contribution is 0.731. The topological polar surface area (TPSA) is 9.72 Å². The van der Waals surface area contributed by atoms with Gasteiger partial charge in [-0.1, -0.05) is 103 Å². The molecule has 0 saturated carbocycles. The number of rotatable bonds is 9. The Balaban J connectivity index is 1.28. The van der Waals surface area contributed by atoms with Gasteiger partial charge >= 0.3 is 0 Å². The van der Waals surface area contributed by atoms with Crippen molar-refractivity contribution < 1.29 is 0 Å². The highest BCUT2D eigenvalue weighted by Crippen LogP contribution is 2.58. The highest BCUT2D eigenvalue weighted by Gasteiger charge is 2.47. The van der Waals surface area contributed by atoms with Crippen LogP contribution in [-0.4, -0.2) is 0 Å². The number of nitrogens with zero attached hydrogens (tertiary/aromatic N) is 3. The predicted molar refractivity (Wildman–Crippen MR) is 280 cm³/mol. The molecular weight excluding hydrogens is 799 g/mol. The van der Waals surface area contributed by atoms with Crippen LogP contribution in [0.3, 0.4) is 0 Å². The highest BCUT2D eigenvalue weighted by atomic mass is 15.2. The van der Waals surface area contributed by atoms with E-state index in [0.29, 0.717) is 0 Å². The Bertz CT molecular complexity index is 2970. The highest BCUT2D eigenvalue weighted by molar-refractivity contribution is 5.91. The van der Waals surface area contributed by atoms with E-state index in [-0.39, 0.29) is 0 Å². The number of anilines is 9. The summed E-state index contributed by atoms with van der Waals surface area (Å²) < 4.78 is 0. The summed E-state index contributed by atoms with van der Waals surface area (Å²) in [5, 5.41) is 0. The van der Waals surface area contributed by atoms with Gasteiger partial charge in [0.1, 0.15) is 0 Å². The van der Waals surface area contributed by atoms with Crippen LogP contribution in [0.2, 0.25) is 0 Å². The second kappa shape index (κ2) is 17.1. The Morgan fingerprint density at radius 3 is 0.985 bits per heavy atom. The van der Waals surface area contributed by atoms with Crippen molar-refractivity contribution in [2.24, 2.45) is 0 Å². The van der Waals surface area contributed by atoms with E-state index in [1.807, 2.05) is 0 Å². The van der Waals surface area contributed by atoms with E-state index in [0.717, 1.165) is 51.2 Å². The number of para-hydroxylation sites is 3. The summed E-state index contributed by atoms with van der Waals surface area (Å²) in [7, 11) is 0. The van der Waals surface area contributed by atoms with Crippen molar-refractivity contribution in [3.63, 3.8) is 0 Å². The minimum atomic E-state index is -0.749. The molecule has 9 aromatic rings. The van der Waals surface area contributed by atoms with Gasteiger partial charge < -0.3 is 14.7 Å². The maximum Gasteiger partial charge on any atom is 0.0743 e. The maximum absolute atomic E-state index is 2.45.